The summed E-state index contributed by atoms with van der Waals surface area (Å²) in [6, 6.07) is 13.6. The zero-order chi connectivity index (χ0) is 24.3. The number of unbranched alkanes of at least 4 members (excludes halogenated alkanes) is 2. The van der Waals surface area contributed by atoms with Crippen LogP contribution in [0.2, 0.25) is 0 Å². The van der Waals surface area contributed by atoms with Crippen molar-refractivity contribution < 1.29 is 28.5 Å². The summed E-state index contributed by atoms with van der Waals surface area (Å²) in [5, 5.41) is 3.32. The minimum Gasteiger partial charge on any atom is -0.481 e. The fourth-order valence-electron chi connectivity index (χ4n) is 3.82. The molecule has 6 nitrogen and oxygen atoms in total. The van der Waals surface area contributed by atoms with Gasteiger partial charge in [-0.05, 0) is 24.8 Å². The van der Waals surface area contributed by atoms with E-state index < -0.39 is 11.9 Å². The number of hydrogen-bond donors (Lipinski definition) is 0. The van der Waals surface area contributed by atoms with Crippen LogP contribution in [0.3, 0.4) is 0 Å². The van der Waals surface area contributed by atoms with Gasteiger partial charge in [-0.1, -0.05) is 76.1 Å². The average molecular weight is 467 g/mol. The first kappa shape index (κ1) is 25.3. The van der Waals surface area contributed by atoms with Crippen molar-refractivity contribution in [3.63, 3.8) is 0 Å². The van der Waals surface area contributed by atoms with Crippen LogP contribution in [0.5, 0.6) is 11.5 Å². The molecule has 3 aromatic rings. The maximum Gasteiger partial charge on any atom is 0.344 e. The fourth-order valence-corrected chi connectivity index (χ4v) is 3.82. The molecular formula is C28H34O6. The Labute approximate surface area is 201 Å². The monoisotopic (exact) mass is 466 g/mol. The second kappa shape index (κ2) is 12.8. The highest BCUT2D eigenvalue weighted by Crippen LogP contribution is 2.44. The van der Waals surface area contributed by atoms with Gasteiger partial charge in [-0.3, -0.25) is 0 Å². The number of rotatable bonds is 13. The Morgan fingerprint density at radius 1 is 0.676 bits per heavy atom. The molecule has 0 aromatic heterocycles. The summed E-state index contributed by atoms with van der Waals surface area (Å²) >= 11 is 0. The van der Waals surface area contributed by atoms with Crippen LogP contribution in [-0.2, 0) is 25.5 Å². The highest BCUT2D eigenvalue weighted by atomic mass is 16.6. The summed E-state index contributed by atoms with van der Waals surface area (Å²) in [7, 11) is 0. The lowest BCUT2D eigenvalue weighted by Gasteiger charge is -2.19. The van der Waals surface area contributed by atoms with Gasteiger partial charge >= 0.3 is 11.9 Å². The van der Waals surface area contributed by atoms with Gasteiger partial charge in [0.15, 0.2) is 13.2 Å². The van der Waals surface area contributed by atoms with E-state index in [0.717, 1.165) is 59.2 Å². The molecule has 34 heavy (non-hydrogen) atoms. The molecule has 0 aliphatic carbocycles. The summed E-state index contributed by atoms with van der Waals surface area (Å²) in [5.41, 5.74) is 1.06. The molecule has 0 N–H and O–H groups in total. The number of fused-ring (bicyclic) bond motifs is 2. The number of benzene rings is 3. The molecule has 0 atom stereocenters. The van der Waals surface area contributed by atoms with E-state index in [9.17, 15) is 9.59 Å². The largest absolute Gasteiger partial charge is 0.481 e. The highest BCUT2D eigenvalue weighted by molar-refractivity contribution is 6.12. The lowest BCUT2D eigenvalue weighted by molar-refractivity contribution is -0.146. The molecule has 3 aromatic carbocycles. The second-order valence-corrected chi connectivity index (χ2v) is 8.12. The van der Waals surface area contributed by atoms with Gasteiger partial charge in [-0.15, -0.1) is 0 Å². The van der Waals surface area contributed by atoms with Gasteiger partial charge in [0, 0.05) is 21.5 Å². The topological polar surface area (TPSA) is 71.1 Å². The summed E-state index contributed by atoms with van der Waals surface area (Å²) in [6.07, 6.45) is 4.33. The first-order chi connectivity index (χ1) is 16.6. The third-order valence-electron chi connectivity index (χ3n) is 5.61. The molecular weight excluding hydrogens is 432 g/mol. The minimum absolute atomic E-state index is 0.176. The van der Waals surface area contributed by atoms with E-state index in [1.165, 1.54) is 0 Å². The number of carbonyl (C=O) groups is 2. The predicted octanol–water partition coefficient (Wildman–Crippen LogP) is 6.00. The van der Waals surface area contributed by atoms with Crippen molar-refractivity contribution >= 4 is 33.5 Å². The van der Waals surface area contributed by atoms with Gasteiger partial charge in [0.1, 0.15) is 11.5 Å². The molecule has 0 aliphatic heterocycles. The molecule has 3 rings (SSSR count). The molecule has 0 unspecified atom stereocenters. The molecule has 0 saturated carbocycles. The summed E-state index contributed by atoms with van der Waals surface area (Å²) in [5.74, 6) is 0.432. The molecule has 6 heteroatoms. The summed E-state index contributed by atoms with van der Waals surface area (Å²) in [4.78, 5) is 24.5. The predicted molar refractivity (Wildman–Crippen MR) is 134 cm³/mol. The lowest BCUT2D eigenvalue weighted by Crippen LogP contribution is -2.17. The molecule has 0 fully saturated rings. The third-order valence-corrected chi connectivity index (χ3v) is 5.61. The number of aryl methyl sites for hydroxylation is 1. The standard InChI is InChI=1S/C28H34O6/c1-4-7-16-31-24(29)18-33-27-21-13-9-10-14-22(21)28(34-19-25(30)32-17-8-5-2)26-20(6-3)12-11-15-23(26)27/h9-15H,4-8,16-19H2,1-3H3. The molecule has 0 amide bonds. The maximum atomic E-state index is 12.2. The normalized spacial score (nSPS) is 10.9. The second-order valence-electron chi connectivity index (χ2n) is 8.12. The van der Waals surface area contributed by atoms with Crippen LogP contribution in [0.25, 0.3) is 21.5 Å². The van der Waals surface area contributed by atoms with Crippen molar-refractivity contribution in [1.29, 1.82) is 0 Å². The Morgan fingerprint density at radius 3 is 1.76 bits per heavy atom. The van der Waals surface area contributed by atoms with E-state index in [4.69, 9.17) is 18.9 Å². The SMILES string of the molecule is CCCCOC(=O)COc1c2ccccc2c(OCC(=O)OCCCC)c2c(CC)cccc12. The quantitative estimate of drug-likeness (QED) is 0.175. The van der Waals surface area contributed by atoms with Crippen LogP contribution in [-0.4, -0.2) is 38.4 Å². The molecule has 0 saturated heterocycles. The van der Waals surface area contributed by atoms with Gasteiger partial charge in [-0.25, -0.2) is 9.59 Å². The van der Waals surface area contributed by atoms with Crippen molar-refractivity contribution in [1.82, 2.24) is 0 Å². The van der Waals surface area contributed by atoms with E-state index in [2.05, 4.69) is 6.92 Å². The minimum atomic E-state index is -0.396. The number of esters is 2. The van der Waals surface area contributed by atoms with Gasteiger partial charge in [-0.2, -0.15) is 0 Å². The molecule has 182 valence electrons. The number of ether oxygens (including phenoxy) is 4. The maximum absolute atomic E-state index is 12.2. The van der Waals surface area contributed by atoms with Crippen LogP contribution in [0.1, 0.15) is 52.0 Å². The van der Waals surface area contributed by atoms with Crippen molar-refractivity contribution in [2.24, 2.45) is 0 Å². The van der Waals surface area contributed by atoms with Crippen LogP contribution in [0, 0.1) is 0 Å². The Hall–Kier alpha value is -3.28. The first-order valence-electron chi connectivity index (χ1n) is 12.1. The third kappa shape index (κ3) is 6.19. The van der Waals surface area contributed by atoms with Gasteiger partial charge in [0.25, 0.3) is 0 Å². The van der Waals surface area contributed by atoms with Crippen molar-refractivity contribution in [3.05, 3.63) is 48.0 Å². The smallest absolute Gasteiger partial charge is 0.344 e. The zero-order valence-corrected chi connectivity index (χ0v) is 20.4. The van der Waals surface area contributed by atoms with Crippen LogP contribution in [0.15, 0.2) is 42.5 Å². The zero-order valence-electron chi connectivity index (χ0n) is 20.4. The van der Waals surface area contributed by atoms with Crippen LogP contribution < -0.4 is 9.47 Å². The van der Waals surface area contributed by atoms with E-state index >= 15 is 0 Å². The first-order valence-corrected chi connectivity index (χ1v) is 12.1. The van der Waals surface area contributed by atoms with Crippen LogP contribution >= 0.6 is 0 Å². The Bertz CT molecular complexity index is 1120. The van der Waals surface area contributed by atoms with Gasteiger partial charge in [0.2, 0.25) is 0 Å². The Kier molecular flexibility index (Phi) is 9.56. The molecule has 0 spiro atoms. The van der Waals surface area contributed by atoms with Crippen LogP contribution in [0.4, 0.5) is 0 Å². The number of carbonyl (C=O) groups excluding carboxylic acids is 2. The highest BCUT2D eigenvalue weighted by Gasteiger charge is 2.20. The van der Waals surface area contributed by atoms with Gasteiger partial charge in [0.05, 0.1) is 13.2 Å². The Balaban J connectivity index is 1.99. The van der Waals surface area contributed by atoms with Gasteiger partial charge < -0.3 is 18.9 Å². The van der Waals surface area contributed by atoms with Crippen molar-refractivity contribution in [2.45, 2.75) is 52.9 Å². The average Bonchev–Trinajstić information content (AvgIpc) is 2.85. The molecule has 0 radical (unpaired) electrons. The van der Waals surface area contributed by atoms with E-state index in [1.54, 1.807) is 0 Å². The molecule has 0 bridgehead atoms. The summed E-state index contributed by atoms with van der Waals surface area (Å²) < 4.78 is 22.7. The van der Waals surface area contributed by atoms with E-state index in [0.29, 0.717) is 24.7 Å². The van der Waals surface area contributed by atoms with Crippen molar-refractivity contribution in [2.75, 3.05) is 26.4 Å². The fraction of sp³-hybridized carbons (Fsp3) is 0.429. The summed E-state index contributed by atoms with van der Waals surface area (Å²) in [6.45, 7) is 6.58. The number of hydrogen-bond acceptors (Lipinski definition) is 6. The van der Waals surface area contributed by atoms with E-state index in [-0.39, 0.29) is 13.2 Å². The molecule has 0 heterocycles. The van der Waals surface area contributed by atoms with Crippen molar-refractivity contribution in [3.8, 4) is 11.5 Å². The molecule has 0 aliphatic rings. The lowest BCUT2D eigenvalue weighted by atomic mass is 9.96. The van der Waals surface area contributed by atoms with E-state index in [1.807, 2.05) is 56.3 Å². The Morgan fingerprint density at radius 2 is 1.21 bits per heavy atom.